The van der Waals surface area contributed by atoms with Crippen molar-refractivity contribution in [3.8, 4) is 6.07 Å². The number of rotatable bonds is 6. The zero-order valence-electron chi connectivity index (χ0n) is 19.9. The Hall–Kier alpha value is -4.41. The summed E-state index contributed by atoms with van der Waals surface area (Å²) in [5.74, 6) is -0.516. The molecule has 3 rings (SSSR count). The third-order valence-corrected chi connectivity index (χ3v) is 5.53. The molecule has 38 heavy (non-hydrogen) atoms. The van der Waals surface area contributed by atoms with Crippen molar-refractivity contribution >= 4 is 30.0 Å². The Kier molecular flexibility index (Phi) is 8.39. The topological polar surface area (TPSA) is 106 Å². The number of halogens is 6. The standard InChI is InChI=1S/C24H21F6N7O/c1-32-19-12-37(16-4-3-15(11-31)18(10-16)24(28,29)30)8-6-17(19)21(33-2)36-20-9-14(5-7-34-20)22(38)35-13-23(25,26)27/h3-5,7,9-10H,1,6,8,12-13H2,2H3,(H,35,38)(H,33,34,36). The van der Waals surface area contributed by atoms with E-state index in [1.807, 2.05) is 0 Å². The Morgan fingerprint density at radius 3 is 2.55 bits per heavy atom. The first-order valence-corrected chi connectivity index (χ1v) is 11.0. The first kappa shape index (κ1) is 28.2. The molecule has 0 spiro atoms. The first-order chi connectivity index (χ1) is 17.9. The van der Waals surface area contributed by atoms with Crippen molar-refractivity contribution in [2.45, 2.75) is 18.8 Å². The third-order valence-electron chi connectivity index (χ3n) is 5.53. The van der Waals surface area contributed by atoms with Gasteiger partial charge in [0, 0.05) is 36.6 Å². The molecule has 8 nitrogen and oxygen atoms in total. The van der Waals surface area contributed by atoms with Crippen LogP contribution in [0.2, 0.25) is 0 Å². The molecule has 1 aliphatic rings. The number of hydrogen-bond acceptors (Lipinski definition) is 6. The monoisotopic (exact) mass is 537 g/mol. The Balaban J connectivity index is 1.82. The van der Waals surface area contributed by atoms with Gasteiger partial charge < -0.3 is 15.5 Å². The average molecular weight is 537 g/mol. The van der Waals surface area contributed by atoms with Crippen molar-refractivity contribution in [1.82, 2.24) is 10.3 Å². The van der Waals surface area contributed by atoms with Gasteiger partial charge in [-0.1, -0.05) is 0 Å². The van der Waals surface area contributed by atoms with Crippen LogP contribution in [-0.2, 0) is 6.18 Å². The SMILES string of the molecule is C=NC1=C(/C(=N\C)Nc2cc(C(=O)NCC(F)(F)F)ccn2)CCN(c2ccc(C#N)c(C(F)(F)F)c2)C1. The Morgan fingerprint density at radius 2 is 1.95 bits per heavy atom. The minimum Gasteiger partial charge on any atom is -0.365 e. The molecule has 0 saturated heterocycles. The van der Waals surface area contributed by atoms with Crippen molar-refractivity contribution < 1.29 is 31.1 Å². The molecule has 0 radical (unpaired) electrons. The highest BCUT2D eigenvalue weighted by molar-refractivity contribution is 6.08. The molecule has 1 aliphatic heterocycles. The number of nitrogens with one attached hydrogen (secondary N) is 2. The van der Waals surface area contributed by atoms with E-state index in [0.717, 1.165) is 12.1 Å². The fourth-order valence-electron chi connectivity index (χ4n) is 3.74. The van der Waals surface area contributed by atoms with Gasteiger partial charge in [-0.25, -0.2) is 4.98 Å². The van der Waals surface area contributed by atoms with Crippen LogP contribution < -0.4 is 15.5 Å². The zero-order valence-corrected chi connectivity index (χ0v) is 19.9. The summed E-state index contributed by atoms with van der Waals surface area (Å²) in [4.78, 5) is 26.0. The molecule has 0 aliphatic carbocycles. The smallest absolute Gasteiger partial charge is 0.365 e. The summed E-state index contributed by atoms with van der Waals surface area (Å²) in [5.41, 5.74) is -0.322. The van der Waals surface area contributed by atoms with E-state index in [2.05, 4.69) is 27.0 Å². The molecular formula is C24H21F6N7O. The van der Waals surface area contributed by atoms with E-state index in [9.17, 15) is 31.1 Å². The second kappa shape index (κ2) is 11.3. The van der Waals surface area contributed by atoms with Crippen LogP contribution in [0.3, 0.4) is 0 Å². The summed E-state index contributed by atoms with van der Waals surface area (Å²) in [5, 5.41) is 13.7. The van der Waals surface area contributed by atoms with Crippen LogP contribution in [0.4, 0.5) is 37.8 Å². The van der Waals surface area contributed by atoms with E-state index in [-0.39, 0.29) is 30.2 Å². The molecule has 1 aromatic heterocycles. The summed E-state index contributed by atoms with van der Waals surface area (Å²) in [6, 6.07) is 7.50. The van der Waals surface area contributed by atoms with Crippen molar-refractivity contribution in [1.29, 1.82) is 5.26 Å². The molecule has 2 heterocycles. The van der Waals surface area contributed by atoms with Gasteiger partial charge >= 0.3 is 12.4 Å². The van der Waals surface area contributed by atoms with Crippen LogP contribution in [0.15, 0.2) is 57.8 Å². The predicted molar refractivity (Wildman–Crippen MR) is 129 cm³/mol. The molecular weight excluding hydrogens is 516 g/mol. The van der Waals surface area contributed by atoms with Crippen LogP contribution in [0.25, 0.3) is 0 Å². The second-order valence-corrected chi connectivity index (χ2v) is 8.02. The number of alkyl halides is 6. The molecule has 0 fully saturated rings. The highest BCUT2D eigenvalue weighted by Gasteiger charge is 2.35. The van der Waals surface area contributed by atoms with Crippen LogP contribution in [0.1, 0.15) is 27.9 Å². The number of hydrogen-bond donors (Lipinski definition) is 2. The van der Waals surface area contributed by atoms with Crippen LogP contribution in [0.5, 0.6) is 0 Å². The number of aromatic nitrogens is 1. The normalized spacial score (nSPS) is 14.7. The van der Waals surface area contributed by atoms with Crippen LogP contribution in [-0.4, -0.2) is 56.3 Å². The average Bonchev–Trinajstić information content (AvgIpc) is 2.89. The number of nitrogens with zero attached hydrogens (tertiary/aromatic N) is 5. The Labute approximate surface area is 213 Å². The van der Waals surface area contributed by atoms with Gasteiger partial charge in [-0.05, 0) is 43.5 Å². The summed E-state index contributed by atoms with van der Waals surface area (Å²) in [6.45, 7) is 2.44. The Bertz CT molecular complexity index is 1320. The maximum atomic E-state index is 13.4. The number of carbonyl (C=O) groups excluding carboxylic acids is 1. The minimum absolute atomic E-state index is 0.0608. The highest BCUT2D eigenvalue weighted by atomic mass is 19.4. The molecule has 1 aromatic carbocycles. The van der Waals surface area contributed by atoms with Crippen LogP contribution >= 0.6 is 0 Å². The van der Waals surface area contributed by atoms with Gasteiger partial charge in [0.1, 0.15) is 18.2 Å². The summed E-state index contributed by atoms with van der Waals surface area (Å²) in [6.07, 6.45) is -7.73. The lowest BCUT2D eigenvalue weighted by Gasteiger charge is -2.32. The molecule has 14 heteroatoms. The Morgan fingerprint density at radius 1 is 1.21 bits per heavy atom. The number of nitriles is 1. The number of aliphatic imine (C=N–C) groups is 2. The van der Waals surface area contributed by atoms with Crippen molar-refractivity contribution in [3.63, 3.8) is 0 Å². The number of pyridine rings is 1. The van der Waals surface area contributed by atoms with Crippen molar-refractivity contribution in [2.75, 3.05) is 36.9 Å². The first-order valence-electron chi connectivity index (χ1n) is 11.0. The molecule has 0 bridgehead atoms. The number of amidine groups is 1. The van der Waals surface area contributed by atoms with Gasteiger partial charge in [-0.3, -0.25) is 14.8 Å². The van der Waals surface area contributed by atoms with Gasteiger partial charge in [-0.2, -0.15) is 31.6 Å². The summed E-state index contributed by atoms with van der Waals surface area (Å²) in [7, 11) is 1.47. The largest absolute Gasteiger partial charge is 0.417 e. The lowest BCUT2D eigenvalue weighted by atomic mass is 10.0. The number of anilines is 2. The van der Waals surface area contributed by atoms with E-state index in [4.69, 9.17) is 5.26 Å². The fourth-order valence-corrected chi connectivity index (χ4v) is 3.74. The summed E-state index contributed by atoms with van der Waals surface area (Å²) >= 11 is 0. The molecule has 0 saturated carbocycles. The summed E-state index contributed by atoms with van der Waals surface area (Å²) < 4.78 is 77.4. The minimum atomic E-state index is -4.70. The van der Waals surface area contributed by atoms with E-state index in [1.165, 1.54) is 31.4 Å². The number of carbonyl (C=O) groups is 1. The molecule has 0 atom stereocenters. The van der Waals surface area contributed by atoms with E-state index >= 15 is 0 Å². The van der Waals surface area contributed by atoms with E-state index in [0.29, 0.717) is 23.5 Å². The van der Waals surface area contributed by atoms with E-state index < -0.39 is 35.9 Å². The second-order valence-electron chi connectivity index (χ2n) is 8.02. The lowest BCUT2D eigenvalue weighted by molar-refractivity contribution is -0.137. The van der Waals surface area contributed by atoms with Gasteiger partial charge in [0.2, 0.25) is 0 Å². The maximum absolute atomic E-state index is 13.4. The lowest BCUT2D eigenvalue weighted by Crippen LogP contribution is -2.35. The van der Waals surface area contributed by atoms with Crippen LogP contribution in [0, 0.1) is 11.3 Å². The van der Waals surface area contributed by atoms with Crippen molar-refractivity contribution in [2.24, 2.45) is 9.98 Å². The third kappa shape index (κ3) is 6.87. The quantitative estimate of drug-likeness (QED) is 0.319. The fraction of sp³-hybridized carbons (Fsp3) is 0.292. The maximum Gasteiger partial charge on any atom is 0.417 e. The molecule has 2 aromatic rings. The zero-order chi connectivity index (χ0) is 28.1. The van der Waals surface area contributed by atoms with Gasteiger partial charge in [0.15, 0.2) is 0 Å². The van der Waals surface area contributed by atoms with E-state index in [1.54, 1.807) is 16.3 Å². The van der Waals surface area contributed by atoms with Crippen molar-refractivity contribution in [3.05, 3.63) is 64.5 Å². The highest BCUT2D eigenvalue weighted by Crippen LogP contribution is 2.35. The molecule has 1 amide bonds. The van der Waals surface area contributed by atoms with Gasteiger partial charge in [-0.15, -0.1) is 0 Å². The molecule has 200 valence electrons. The van der Waals surface area contributed by atoms with Gasteiger partial charge in [0.25, 0.3) is 5.91 Å². The number of benzene rings is 1. The van der Waals surface area contributed by atoms with Gasteiger partial charge in [0.05, 0.1) is 29.4 Å². The molecule has 0 unspecified atom stereocenters. The number of amides is 1. The molecule has 2 N–H and O–H groups in total. The predicted octanol–water partition coefficient (Wildman–Crippen LogP) is 4.57.